The first kappa shape index (κ1) is 33.4. The summed E-state index contributed by atoms with van der Waals surface area (Å²) in [5.74, 6) is 3.17. The smallest absolute Gasteiger partial charge is 0.177 e. The van der Waals surface area contributed by atoms with Crippen LogP contribution in [0.4, 0.5) is 34.1 Å². The first-order valence-electron chi connectivity index (χ1n) is 19.5. The van der Waals surface area contributed by atoms with E-state index in [0.717, 1.165) is 101 Å². The van der Waals surface area contributed by atoms with E-state index in [1.165, 1.54) is 0 Å². The van der Waals surface area contributed by atoms with Gasteiger partial charge in [-0.25, -0.2) is 9.97 Å². The van der Waals surface area contributed by atoms with Gasteiger partial charge in [-0.2, -0.15) is 10.5 Å². The van der Waals surface area contributed by atoms with E-state index in [0.29, 0.717) is 11.4 Å². The Hall–Kier alpha value is -8.72. The standard InChI is InChI=1S/C52H28N6O2/c53-29-39-40(30-54)56-52-38-28-37(31-20-24-33(25-21-31)57-41-12-1-5-16-45(41)59-46-17-6-2-13-42(46)57)49(35-10-9-11-36(50(35)38)51(52)55-39)32-22-26-34(27-23-32)58-43-14-3-7-18-47(43)60-48-19-8-4-15-44(48)58/h1-28H. The highest BCUT2D eigenvalue weighted by molar-refractivity contribution is 6.20. The number of hydrogen-bond acceptors (Lipinski definition) is 8. The third kappa shape index (κ3) is 4.89. The molecule has 8 nitrogen and oxygen atoms in total. The number of aromatic nitrogens is 2. The lowest BCUT2D eigenvalue weighted by Gasteiger charge is -2.33. The zero-order chi connectivity index (χ0) is 39.9. The Labute approximate surface area is 344 Å². The molecule has 0 amide bonds. The molecule has 2 aliphatic heterocycles. The molecule has 0 radical (unpaired) electrons. The van der Waals surface area contributed by atoms with E-state index in [1.807, 2.05) is 84.9 Å². The molecular formula is C52H28N6O2. The number of fused-ring (bicyclic) bond motifs is 7. The van der Waals surface area contributed by atoms with Gasteiger partial charge in [0.05, 0.1) is 34.1 Å². The summed E-state index contributed by atoms with van der Waals surface area (Å²) in [5.41, 5.74) is 12.9. The number of ether oxygens (including phenoxy) is 2. The van der Waals surface area contributed by atoms with E-state index in [2.05, 4.69) is 107 Å². The minimum Gasteiger partial charge on any atom is -0.453 e. The maximum Gasteiger partial charge on any atom is 0.177 e. The molecule has 60 heavy (non-hydrogen) atoms. The molecule has 0 spiro atoms. The fourth-order valence-corrected chi connectivity index (χ4v) is 8.91. The number of benzene rings is 8. The van der Waals surface area contributed by atoms with Gasteiger partial charge >= 0.3 is 0 Å². The molecule has 0 fully saturated rings. The summed E-state index contributed by atoms with van der Waals surface area (Å²) in [5, 5.41) is 21.9. The lowest BCUT2D eigenvalue weighted by Crippen LogP contribution is -2.15. The summed E-state index contributed by atoms with van der Waals surface area (Å²) in [6.45, 7) is 0. The molecule has 12 rings (SSSR count). The molecule has 1 aliphatic carbocycles. The van der Waals surface area contributed by atoms with Crippen molar-refractivity contribution >= 4 is 44.9 Å². The van der Waals surface area contributed by atoms with Crippen molar-refractivity contribution in [1.82, 2.24) is 9.97 Å². The minimum absolute atomic E-state index is 0.0140. The molecule has 0 saturated carbocycles. The Kier molecular flexibility index (Phi) is 7.19. The minimum atomic E-state index is 0.0140. The van der Waals surface area contributed by atoms with Crippen LogP contribution in [0.25, 0.3) is 55.5 Å². The van der Waals surface area contributed by atoms with Gasteiger partial charge in [0.2, 0.25) is 0 Å². The molecule has 9 aromatic rings. The van der Waals surface area contributed by atoms with E-state index in [1.54, 1.807) is 0 Å². The van der Waals surface area contributed by atoms with Gasteiger partial charge < -0.3 is 19.3 Å². The van der Waals surface area contributed by atoms with Gasteiger partial charge in [0.15, 0.2) is 34.4 Å². The molecule has 0 bridgehead atoms. The molecule has 0 unspecified atom stereocenters. The zero-order valence-corrected chi connectivity index (χ0v) is 31.7. The van der Waals surface area contributed by atoms with Crippen LogP contribution in [-0.2, 0) is 0 Å². The van der Waals surface area contributed by atoms with E-state index < -0.39 is 0 Å². The second kappa shape index (κ2) is 12.9. The summed E-state index contributed by atoms with van der Waals surface area (Å²) < 4.78 is 12.6. The average Bonchev–Trinajstić information content (AvgIpc) is 3.62. The summed E-state index contributed by atoms with van der Waals surface area (Å²) in [7, 11) is 0. The van der Waals surface area contributed by atoms with Crippen molar-refractivity contribution in [3.8, 4) is 79.9 Å². The molecule has 278 valence electrons. The summed E-state index contributed by atoms with van der Waals surface area (Å²) in [6.07, 6.45) is 0. The monoisotopic (exact) mass is 768 g/mol. The molecule has 0 atom stereocenters. The van der Waals surface area contributed by atoms with E-state index >= 15 is 0 Å². The van der Waals surface area contributed by atoms with Gasteiger partial charge in [0.1, 0.15) is 12.1 Å². The van der Waals surface area contributed by atoms with Crippen molar-refractivity contribution in [2.24, 2.45) is 0 Å². The summed E-state index contributed by atoms with van der Waals surface area (Å²) in [4.78, 5) is 13.9. The summed E-state index contributed by atoms with van der Waals surface area (Å²) >= 11 is 0. The first-order chi connectivity index (χ1) is 29.7. The normalized spacial score (nSPS) is 12.5. The van der Waals surface area contributed by atoms with Crippen LogP contribution in [0.5, 0.6) is 23.0 Å². The molecule has 3 aliphatic rings. The van der Waals surface area contributed by atoms with Crippen LogP contribution in [0.3, 0.4) is 0 Å². The summed E-state index contributed by atoms with van der Waals surface area (Å²) in [6, 6.07) is 62.2. The van der Waals surface area contributed by atoms with Gasteiger partial charge in [-0.1, -0.05) is 91.0 Å². The number of nitriles is 2. The Bertz CT molecular complexity index is 3270. The van der Waals surface area contributed by atoms with E-state index in [-0.39, 0.29) is 11.4 Å². The number of nitrogens with zero attached hydrogens (tertiary/aromatic N) is 6. The van der Waals surface area contributed by atoms with Gasteiger partial charge in [-0.15, -0.1) is 0 Å². The lowest BCUT2D eigenvalue weighted by molar-refractivity contribution is 0.477. The maximum absolute atomic E-state index is 9.97. The second-order valence-electron chi connectivity index (χ2n) is 14.8. The third-order valence-corrected chi connectivity index (χ3v) is 11.5. The predicted molar refractivity (Wildman–Crippen MR) is 234 cm³/mol. The topological polar surface area (TPSA) is 98.3 Å². The largest absolute Gasteiger partial charge is 0.453 e. The number of para-hydroxylation sites is 8. The van der Waals surface area contributed by atoms with Crippen molar-refractivity contribution in [2.75, 3.05) is 9.80 Å². The first-order valence-corrected chi connectivity index (χ1v) is 19.5. The Morgan fingerprint density at radius 2 is 0.850 bits per heavy atom. The van der Waals surface area contributed by atoms with Crippen molar-refractivity contribution in [2.45, 2.75) is 0 Å². The van der Waals surface area contributed by atoms with Crippen LogP contribution in [0.1, 0.15) is 11.4 Å². The van der Waals surface area contributed by atoms with Crippen LogP contribution >= 0.6 is 0 Å². The van der Waals surface area contributed by atoms with Crippen molar-refractivity contribution < 1.29 is 9.47 Å². The number of anilines is 6. The number of hydrogen-bond donors (Lipinski definition) is 0. The van der Waals surface area contributed by atoms with Gasteiger partial charge in [0.25, 0.3) is 0 Å². The van der Waals surface area contributed by atoms with Crippen LogP contribution in [0, 0.1) is 22.7 Å². The van der Waals surface area contributed by atoms with Crippen molar-refractivity contribution in [3.05, 3.63) is 181 Å². The molecule has 3 heterocycles. The van der Waals surface area contributed by atoms with Crippen molar-refractivity contribution in [3.63, 3.8) is 0 Å². The fraction of sp³-hybridized carbons (Fsp3) is 0. The SMILES string of the molecule is N#Cc1nc2c(nc1C#N)-c1cc(-c3ccc(N4c5ccccc5Oc5ccccc54)cc3)c(-c3ccc(N4c5ccccc5Oc5ccccc54)cc3)c3cccc-2c13. The molecule has 0 N–H and O–H groups in total. The Balaban J connectivity index is 1.05. The molecular weight excluding hydrogens is 741 g/mol. The highest BCUT2D eigenvalue weighted by Gasteiger charge is 2.31. The highest BCUT2D eigenvalue weighted by Crippen LogP contribution is 2.54. The quantitative estimate of drug-likeness (QED) is 0.174. The predicted octanol–water partition coefficient (Wildman–Crippen LogP) is 13.5. The Morgan fingerprint density at radius 3 is 1.32 bits per heavy atom. The molecule has 8 aromatic carbocycles. The van der Waals surface area contributed by atoms with Crippen LogP contribution < -0.4 is 19.3 Å². The molecule has 8 heteroatoms. The lowest BCUT2D eigenvalue weighted by atomic mass is 9.87. The zero-order valence-electron chi connectivity index (χ0n) is 31.7. The average molecular weight is 769 g/mol. The van der Waals surface area contributed by atoms with Gasteiger partial charge in [-0.3, -0.25) is 0 Å². The fourth-order valence-electron chi connectivity index (χ4n) is 8.91. The molecule has 0 saturated heterocycles. The third-order valence-electron chi connectivity index (χ3n) is 11.5. The van der Waals surface area contributed by atoms with Gasteiger partial charge in [0, 0.05) is 27.9 Å². The van der Waals surface area contributed by atoms with E-state index in [4.69, 9.17) is 19.4 Å². The second-order valence-corrected chi connectivity index (χ2v) is 14.8. The highest BCUT2D eigenvalue weighted by atomic mass is 16.5. The van der Waals surface area contributed by atoms with Gasteiger partial charge in [-0.05, 0) is 107 Å². The van der Waals surface area contributed by atoms with Crippen LogP contribution in [-0.4, -0.2) is 9.97 Å². The van der Waals surface area contributed by atoms with Crippen molar-refractivity contribution in [1.29, 1.82) is 10.5 Å². The molecule has 1 aromatic heterocycles. The van der Waals surface area contributed by atoms with Crippen LogP contribution in [0.2, 0.25) is 0 Å². The number of rotatable bonds is 4. The maximum atomic E-state index is 9.97. The van der Waals surface area contributed by atoms with E-state index in [9.17, 15) is 10.5 Å². The Morgan fingerprint density at radius 1 is 0.417 bits per heavy atom. The van der Waals surface area contributed by atoms with Crippen LogP contribution in [0.15, 0.2) is 170 Å².